The van der Waals surface area contributed by atoms with Crippen LogP contribution < -0.4 is 5.09 Å². The van der Waals surface area contributed by atoms with Gasteiger partial charge in [-0.25, -0.2) is 0 Å². The first kappa shape index (κ1) is 10.4. The zero-order valence-corrected chi connectivity index (χ0v) is 8.28. The fourth-order valence-electron chi connectivity index (χ4n) is 0.565. The Morgan fingerprint density at radius 2 is 2.30 bits per heavy atom. The maximum atomic E-state index is 3.37. The quantitative estimate of drug-likeness (QED) is 0.357. The molecule has 2 atom stereocenters. The second-order valence-electron chi connectivity index (χ2n) is 2.68. The standard InChI is InChI=1S/C8H19NP/c1-4-6-9-10-7-8(3)5-2/h4,8-10H,5-7H2,1-3H3/q-1. The van der Waals surface area contributed by atoms with Crippen LogP contribution in [0.4, 0.5) is 0 Å². The van der Waals surface area contributed by atoms with Crippen LogP contribution in [-0.2, 0) is 0 Å². The Balaban J connectivity index is 2.89. The molecule has 0 saturated heterocycles. The monoisotopic (exact) mass is 160 g/mol. The van der Waals surface area contributed by atoms with E-state index in [0.717, 1.165) is 21.2 Å². The van der Waals surface area contributed by atoms with Crippen LogP contribution in [0, 0.1) is 12.3 Å². The molecule has 10 heavy (non-hydrogen) atoms. The summed E-state index contributed by atoms with van der Waals surface area (Å²) in [5.74, 6) is 0.891. The molecular weight excluding hydrogens is 141 g/mol. The molecule has 0 aliphatic heterocycles. The highest BCUT2D eigenvalue weighted by Gasteiger charge is 1.94. The van der Waals surface area contributed by atoms with Gasteiger partial charge in [0.15, 0.2) is 0 Å². The molecule has 0 spiro atoms. The summed E-state index contributed by atoms with van der Waals surface area (Å²) in [5, 5.41) is 3.37. The molecule has 2 heteroatoms. The molecule has 0 aromatic heterocycles. The van der Waals surface area contributed by atoms with Crippen molar-refractivity contribution in [1.82, 2.24) is 5.09 Å². The molecule has 0 aliphatic rings. The number of nitrogens with one attached hydrogen (secondary N) is 1. The van der Waals surface area contributed by atoms with Crippen molar-refractivity contribution in [2.24, 2.45) is 5.92 Å². The van der Waals surface area contributed by atoms with E-state index < -0.39 is 0 Å². The Labute approximate surface area is 66.8 Å². The van der Waals surface area contributed by atoms with Crippen molar-refractivity contribution in [1.29, 1.82) is 0 Å². The van der Waals surface area contributed by atoms with Crippen LogP contribution >= 0.6 is 8.73 Å². The molecule has 0 aromatic rings. The first-order valence-corrected chi connectivity index (χ1v) is 5.25. The summed E-state index contributed by atoms with van der Waals surface area (Å²) < 4.78 is 0. The first-order chi connectivity index (χ1) is 4.81. The summed E-state index contributed by atoms with van der Waals surface area (Å²) in [6.45, 7) is 7.71. The maximum absolute atomic E-state index is 3.37. The smallest absolute Gasteiger partial charge is 0.0198 e. The van der Waals surface area contributed by atoms with Gasteiger partial charge < -0.3 is 11.5 Å². The maximum Gasteiger partial charge on any atom is -0.0198 e. The van der Waals surface area contributed by atoms with E-state index in [0.29, 0.717) is 0 Å². The highest BCUT2D eigenvalue weighted by atomic mass is 31.1. The highest BCUT2D eigenvalue weighted by molar-refractivity contribution is 7.35. The molecule has 0 saturated carbocycles. The fourth-order valence-corrected chi connectivity index (χ4v) is 1.69. The van der Waals surface area contributed by atoms with Gasteiger partial charge in [-0.05, 0) is 12.1 Å². The van der Waals surface area contributed by atoms with E-state index in [9.17, 15) is 0 Å². The summed E-state index contributed by atoms with van der Waals surface area (Å²) in [6, 6.07) is 0. The third kappa shape index (κ3) is 6.51. The van der Waals surface area contributed by atoms with Crippen LogP contribution in [0.25, 0.3) is 0 Å². The molecule has 0 fully saturated rings. The van der Waals surface area contributed by atoms with Gasteiger partial charge in [0.25, 0.3) is 0 Å². The molecule has 0 heterocycles. The van der Waals surface area contributed by atoms with Gasteiger partial charge >= 0.3 is 0 Å². The average Bonchev–Trinajstić information content (AvgIpc) is 1.98. The minimum atomic E-state index is 0.891. The van der Waals surface area contributed by atoms with E-state index in [-0.39, 0.29) is 0 Å². The Morgan fingerprint density at radius 1 is 1.60 bits per heavy atom. The van der Waals surface area contributed by atoms with Gasteiger partial charge in [-0.1, -0.05) is 29.0 Å². The van der Waals surface area contributed by atoms with Crippen molar-refractivity contribution >= 4 is 8.73 Å². The lowest BCUT2D eigenvalue weighted by Gasteiger charge is -2.10. The van der Waals surface area contributed by atoms with Crippen molar-refractivity contribution in [3.63, 3.8) is 0 Å². The number of hydrogen-bond donors (Lipinski definition) is 1. The van der Waals surface area contributed by atoms with Crippen LogP contribution in [0.3, 0.4) is 0 Å². The largest absolute Gasteiger partial charge is 0.328 e. The Kier molecular flexibility index (Phi) is 7.79. The lowest BCUT2D eigenvalue weighted by atomic mass is 10.2. The van der Waals surface area contributed by atoms with Gasteiger partial charge in [-0.2, -0.15) is 6.92 Å². The van der Waals surface area contributed by atoms with Gasteiger partial charge in [0.2, 0.25) is 0 Å². The van der Waals surface area contributed by atoms with Crippen molar-refractivity contribution in [3.8, 4) is 0 Å². The summed E-state index contributed by atoms with van der Waals surface area (Å²) in [7, 11) is 0.945. The summed E-state index contributed by atoms with van der Waals surface area (Å²) in [5.41, 5.74) is 0. The predicted molar refractivity (Wildman–Crippen MR) is 50.6 cm³/mol. The van der Waals surface area contributed by atoms with Gasteiger partial charge in [0.1, 0.15) is 0 Å². The first-order valence-electron chi connectivity index (χ1n) is 4.04. The molecular formula is C8H19NP-. The molecule has 2 unspecified atom stereocenters. The minimum absolute atomic E-state index is 0.891. The van der Waals surface area contributed by atoms with E-state index in [1.807, 2.05) is 0 Å². The molecule has 1 nitrogen and oxygen atoms in total. The average molecular weight is 160 g/mol. The second-order valence-corrected chi connectivity index (χ2v) is 3.80. The molecule has 62 valence electrons. The fraction of sp³-hybridized carbons (Fsp3) is 0.875. The van der Waals surface area contributed by atoms with E-state index in [2.05, 4.69) is 32.3 Å². The van der Waals surface area contributed by atoms with Crippen LogP contribution in [0.1, 0.15) is 27.2 Å². The third-order valence-electron chi connectivity index (χ3n) is 1.58. The predicted octanol–water partition coefficient (Wildman–Crippen LogP) is 2.44. The molecule has 0 bridgehead atoms. The van der Waals surface area contributed by atoms with Crippen LogP contribution in [0.5, 0.6) is 0 Å². The molecule has 0 radical (unpaired) electrons. The highest BCUT2D eigenvalue weighted by Crippen LogP contribution is 2.12. The minimum Gasteiger partial charge on any atom is -0.328 e. The van der Waals surface area contributed by atoms with E-state index in [1.165, 1.54) is 12.6 Å². The normalized spacial score (nSPS) is 14.7. The van der Waals surface area contributed by atoms with E-state index in [1.54, 1.807) is 0 Å². The molecule has 0 rings (SSSR count). The van der Waals surface area contributed by atoms with Crippen molar-refractivity contribution in [2.45, 2.75) is 27.2 Å². The molecule has 1 N–H and O–H groups in total. The van der Waals surface area contributed by atoms with Gasteiger partial charge in [0, 0.05) is 0 Å². The lowest BCUT2D eigenvalue weighted by molar-refractivity contribution is 0.633. The van der Waals surface area contributed by atoms with Crippen LogP contribution in [0.15, 0.2) is 0 Å². The molecule has 0 aliphatic carbocycles. The Morgan fingerprint density at radius 3 is 2.80 bits per heavy atom. The van der Waals surface area contributed by atoms with E-state index in [4.69, 9.17) is 0 Å². The van der Waals surface area contributed by atoms with Crippen molar-refractivity contribution in [3.05, 3.63) is 6.42 Å². The van der Waals surface area contributed by atoms with Gasteiger partial charge in [-0.3, -0.25) is 0 Å². The summed E-state index contributed by atoms with van der Waals surface area (Å²) >= 11 is 0. The third-order valence-corrected chi connectivity index (χ3v) is 2.93. The Bertz CT molecular complexity index is 66.3. The van der Waals surface area contributed by atoms with Crippen LogP contribution in [-0.4, -0.2) is 12.7 Å². The number of rotatable bonds is 6. The zero-order chi connectivity index (χ0) is 7.82. The van der Waals surface area contributed by atoms with Crippen molar-refractivity contribution < 1.29 is 0 Å². The molecule has 0 amide bonds. The lowest BCUT2D eigenvalue weighted by Crippen LogP contribution is -2.06. The molecule has 0 aromatic carbocycles. The summed E-state index contributed by atoms with van der Waals surface area (Å²) in [6.07, 6.45) is 4.80. The topological polar surface area (TPSA) is 12.0 Å². The second kappa shape index (κ2) is 7.50. The number of hydrogen-bond acceptors (Lipinski definition) is 1. The van der Waals surface area contributed by atoms with Crippen LogP contribution in [0.2, 0.25) is 0 Å². The van der Waals surface area contributed by atoms with Gasteiger partial charge in [0.05, 0.1) is 0 Å². The SMILES string of the molecule is C[CH-]CNPCC(C)CC. The van der Waals surface area contributed by atoms with Crippen molar-refractivity contribution in [2.75, 3.05) is 12.7 Å². The Hall–Kier alpha value is 0.390. The van der Waals surface area contributed by atoms with E-state index >= 15 is 0 Å². The van der Waals surface area contributed by atoms with Gasteiger partial charge in [-0.15, -0.1) is 6.54 Å². The summed E-state index contributed by atoms with van der Waals surface area (Å²) in [4.78, 5) is 0. The zero-order valence-electron chi connectivity index (χ0n) is 7.28.